The molecule has 388 valence electrons. The lowest BCUT2D eigenvalue weighted by molar-refractivity contribution is 1.12. The first-order chi connectivity index (χ1) is 41.0. The zero-order valence-electron chi connectivity index (χ0n) is 45.8. The Labute approximate surface area is 487 Å². The van der Waals surface area contributed by atoms with Crippen LogP contribution in [0.3, 0.4) is 0 Å². The largest absolute Gasteiger partial charge is 0.341 e. The van der Waals surface area contributed by atoms with Crippen molar-refractivity contribution < 1.29 is 0 Å². The summed E-state index contributed by atoms with van der Waals surface area (Å²) in [6, 6.07) is 91.3. The Kier molecular flexibility index (Phi) is 9.06. The Morgan fingerprint density at radius 2 is 0.663 bits per heavy atom. The second kappa shape index (κ2) is 16.5. The van der Waals surface area contributed by atoms with Gasteiger partial charge < -0.3 is 34.3 Å². The third-order valence-electron chi connectivity index (χ3n) is 18.7. The lowest BCUT2D eigenvalue weighted by Gasteiger charge is -2.53. The van der Waals surface area contributed by atoms with Gasteiger partial charge in [-0.1, -0.05) is 158 Å². The summed E-state index contributed by atoms with van der Waals surface area (Å²) < 4.78 is 0. The van der Waals surface area contributed by atoms with Crippen molar-refractivity contribution in [2.24, 2.45) is 0 Å². The van der Waals surface area contributed by atoms with E-state index in [2.05, 4.69) is 298 Å². The van der Waals surface area contributed by atoms with Gasteiger partial charge in [0, 0.05) is 48.2 Å². The summed E-state index contributed by atoms with van der Waals surface area (Å²) in [5.41, 5.74) is 34.2. The smallest absolute Gasteiger partial charge is 0.252 e. The maximum Gasteiger partial charge on any atom is 0.252 e. The normalized spacial score (nSPS) is 14.3. The van der Waals surface area contributed by atoms with Crippen LogP contribution in [0.1, 0.15) is 5.56 Å². The van der Waals surface area contributed by atoms with E-state index in [9.17, 15) is 0 Å². The topological polar surface area (TPSA) is 22.7 Å². The van der Waals surface area contributed by atoms with E-state index in [4.69, 9.17) is 0 Å². The van der Waals surface area contributed by atoms with Gasteiger partial charge in [-0.05, 0) is 141 Å². The molecule has 0 saturated heterocycles. The summed E-state index contributed by atoms with van der Waals surface area (Å²) >= 11 is 1.92. The van der Waals surface area contributed by atoms with Crippen LogP contribution < -0.4 is 67.1 Å². The molecule has 12 aromatic rings. The second-order valence-electron chi connectivity index (χ2n) is 23.0. The molecule has 0 atom stereocenters. The molecule has 7 aliphatic heterocycles. The molecule has 0 saturated carbocycles. The van der Waals surface area contributed by atoms with Crippen LogP contribution in [0.25, 0.3) is 20.9 Å². The van der Waals surface area contributed by atoms with Gasteiger partial charge in [0.1, 0.15) is 0 Å². The molecule has 7 nitrogen and oxygen atoms in total. The van der Waals surface area contributed by atoms with E-state index in [1.807, 2.05) is 11.3 Å². The van der Waals surface area contributed by atoms with Crippen LogP contribution in [-0.4, -0.2) is 27.5 Å². The summed E-state index contributed by atoms with van der Waals surface area (Å²) in [5.74, 6) is 0. The first-order valence-corrected chi connectivity index (χ1v) is 29.6. The third kappa shape index (κ3) is 5.85. The van der Waals surface area contributed by atoms with Crippen LogP contribution >= 0.6 is 11.3 Å². The van der Waals surface area contributed by atoms with E-state index in [-0.39, 0.29) is 13.4 Å². The van der Waals surface area contributed by atoms with E-state index in [1.165, 1.54) is 150 Å². The minimum atomic E-state index is -0.112. The van der Waals surface area contributed by atoms with Crippen molar-refractivity contribution in [3.63, 3.8) is 0 Å². The molecule has 19 rings (SSSR count). The van der Waals surface area contributed by atoms with Crippen molar-refractivity contribution in [3.8, 4) is 20.9 Å². The Morgan fingerprint density at radius 1 is 0.301 bits per heavy atom. The first kappa shape index (κ1) is 45.6. The number of thiophene rings is 1. The Morgan fingerprint density at radius 3 is 1.12 bits per heavy atom. The summed E-state index contributed by atoms with van der Waals surface area (Å²) in [4.78, 5) is 20.5. The highest BCUT2D eigenvalue weighted by atomic mass is 32.1. The number of anilines is 19. The van der Waals surface area contributed by atoms with Crippen molar-refractivity contribution in [1.29, 1.82) is 0 Å². The van der Waals surface area contributed by atoms with Crippen LogP contribution in [0.4, 0.5) is 108 Å². The monoisotopic (exact) mass is 1080 g/mol. The lowest BCUT2D eigenvalue weighted by atomic mass is 9.30. The summed E-state index contributed by atoms with van der Waals surface area (Å²) in [7, 11) is 4.48. The van der Waals surface area contributed by atoms with Gasteiger partial charge in [0.25, 0.3) is 13.4 Å². The van der Waals surface area contributed by atoms with Crippen LogP contribution in [0.15, 0.2) is 243 Å². The third-order valence-corrected chi connectivity index (χ3v) is 20.0. The van der Waals surface area contributed by atoms with Crippen molar-refractivity contribution in [1.82, 2.24) is 0 Å². The molecule has 11 aromatic carbocycles. The SMILES string of the molecule is Cc1cc2c3c(c1)N1c4c(ccc5c4N(c4cc(N(c6ccccc6)c6ccccc6)cc6c4B5c4cccc5c4N6c4ccccc4N5C)c4c(-c5ccccc5)sc(-c5ccccc5)c41)B3c1cccc3c1N2c1ccccc1N3C. The fraction of sp³-hybridized carbons (Fsp3) is 0.0411. The molecule has 10 heteroatoms. The van der Waals surface area contributed by atoms with Crippen molar-refractivity contribution in [2.75, 3.05) is 48.4 Å². The predicted octanol–water partition coefficient (Wildman–Crippen LogP) is 15.5. The fourth-order valence-electron chi connectivity index (χ4n) is 15.5. The second-order valence-corrected chi connectivity index (χ2v) is 24.0. The van der Waals surface area contributed by atoms with Gasteiger partial charge >= 0.3 is 0 Å². The number of hydrogen-bond donors (Lipinski definition) is 0. The lowest BCUT2D eigenvalue weighted by Crippen LogP contribution is -2.66. The highest BCUT2D eigenvalue weighted by Gasteiger charge is 2.55. The Hall–Kier alpha value is -10.2. The number of rotatable bonds is 5. The zero-order chi connectivity index (χ0) is 54.5. The standard InChI is InChI=1S/C73H49B2N7S/c1-44-40-60-64-61(41-44)81-68-52(74(64)50-30-20-36-58-66(50)79(60)56-34-18-16-32-54(56)76(58)2)38-39-53-69(68)82(71-70(81)72(45-22-8-4-9-23-45)83-73(71)46-24-10-5-11-25-46)63-43-49(78(47-26-12-6-13-27-47)48-28-14-7-15-29-48)42-62-65(63)75(53)51-31-21-37-59-67(51)80(62)57-35-19-17-33-55(57)77(59)3/h4-43H,1-3H3. The van der Waals surface area contributed by atoms with E-state index in [0.717, 1.165) is 17.1 Å². The molecule has 0 bridgehead atoms. The molecule has 0 aliphatic carbocycles. The molecule has 83 heavy (non-hydrogen) atoms. The number of para-hydroxylation sites is 8. The van der Waals surface area contributed by atoms with E-state index in [0.29, 0.717) is 0 Å². The van der Waals surface area contributed by atoms with Gasteiger partial charge in [-0.3, -0.25) is 0 Å². The molecule has 7 aliphatic rings. The highest BCUT2D eigenvalue weighted by Crippen LogP contribution is 2.66. The summed E-state index contributed by atoms with van der Waals surface area (Å²) in [6.45, 7) is 2.12. The average molecular weight is 1080 g/mol. The van der Waals surface area contributed by atoms with Crippen molar-refractivity contribution in [2.45, 2.75) is 6.92 Å². The van der Waals surface area contributed by atoms with Gasteiger partial charge in [-0.2, -0.15) is 0 Å². The molecule has 8 heterocycles. The molecule has 0 unspecified atom stereocenters. The molecule has 0 N–H and O–H groups in total. The fourth-order valence-corrected chi connectivity index (χ4v) is 16.8. The Balaban J connectivity index is 0.995. The van der Waals surface area contributed by atoms with Crippen LogP contribution in [-0.2, 0) is 0 Å². The van der Waals surface area contributed by atoms with E-state index in [1.54, 1.807) is 0 Å². The summed E-state index contributed by atoms with van der Waals surface area (Å²) in [6.07, 6.45) is 0. The maximum absolute atomic E-state index is 2.76. The van der Waals surface area contributed by atoms with Gasteiger partial charge in [0.05, 0.1) is 83.7 Å². The number of benzene rings is 11. The molecule has 0 amide bonds. The van der Waals surface area contributed by atoms with Crippen molar-refractivity contribution >= 4 is 166 Å². The maximum atomic E-state index is 2.76. The number of nitrogens with zero attached hydrogens (tertiary/aromatic N) is 7. The van der Waals surface area contributed by atoms with Crippen molar-refractivity contribution in [3.05, 3.63) is 248 Å². The first-order valence-electron chi connectivity index (χ1n) is 28.8. The van der Waals surface area contributed by atoms with E-state index < -0.39 is 0 Å². The predicted molar refractivity (Wildman–Crippen MR) is 352 cm³/mol. The van der Waals surface area contributed by atoms with Gasteiger partial charge in [-0.15, -0.1) is 11.3 Å². The quantitative estimate of drug-likeness (QED) is 0.158. The molecular weight excluding hydrogens is 1030 g/mol. The highest BCUT2D eigenvalue weighted by molar-refractivity contribution is 7.20. The van der Waals surface area contributed by atoms with Gasteiger partial charge in [-0.25, -0.2) is 0 Å². The van der Waals surface area contributed by atoms with Crippen LogP contribution in [0.5, 0.6) is 0 Å². The number of hydrogen-bond acceptors (Lipinski definition) is 8. The van der Waals surface area contributed by atoms with Gasteiger partial charge in [0.2, 0.25) is 0 Å². The minimum absolute atomic E-state index is 0.0655. The number of aryl methyl sites for hydroxylation is 1. The van der Waals surface area contributed by atoms with Gasteiger partial charge in [0.15, 0.2) is 0 Å². The molecule has 0 fully saturated rings. The summed E-state index contributed by atoms with van der Waals surface area (Å²) in [5, 5.41) is 0. The number of fused-ring (bicyclic) bond motifs is 15. The minimum Gasteiger partial charge on any atom is -0.341 e. The zero-order valence-corrected chi connectivity index (χ0v) is 46.6. The molecule has 0 spiro atoms. The van der Waals surface area contributed by atoms with Crippen LogP contribution in [0, 0.1) is 6.92 Å². The molecule has 0 radical (unpaired) electrons. The molecule has 1 aromatic heterocycles. The van der Waals surface area contributed by atoms with Crippen LogP contribution in [0.2, 0.25) is 0 Å². The molecular formula is C73H49B2N7S. The average Bonchev–Trinajstić information content (AvgIpc) is 1.61. The van der Waals surface area contributed by atoms with E-state index >= 15 is 0 Å². The Bertz CT molecular complexity index is 4760.